The van der Waals surface area contributed by atoms with E-state index >= 15 is 0 Å². The number of hydrogen-bond acceptors (Lipinski definition) is 10. The minimum atomic E-state index is -0.396. The van der Waals surface area contributed by atoms with Gasteiger partial charge in [0.2, 0.25) is 11.8 Å². The van der Waals surface area contributed by atoms with Gasteiger partial charge in [-0.05, 0) is 74.1 Å². The first-order valence-electron chi connectivity index (χ1n) is 16.0. The molecule has 12 nitrogen and oxygen atoms in total. The van der Waals surface area contributed by atoms with Crippen molar-refractivity contribution in [1.82, 2.24) is 25.7 Å². The van der Waals surface area contributed by atoms with E-state index in [2.05, 4.69) is 48.1 Å². The highest BCUT2D eigenvalue weighted by Crippen LogP contribution is 2.27. The molecule has 1 aromatic heterocycles. The Kier molecular flexibility index (Phi) is 10.1. The van der Waals surface area contributed by atoms with E-state index in [0.717, 1.165) is 69.9 Å². The number of nitrogens with one attached hydrogen (secondary N) is 3. The number of piperazine rings is 1. The second kappa shape index (κ2) is 14.8. The van der Waals surface area contributed by atoms with Crippen molar-refractivity contribution in [2.45, 2.75) is 63.3 Å². The first kappa shape index (κ1) is 32.2. The summed E-state index contributed by atoms with van der Waals surface area (Å²) in [5.41, 5.74) is 2.75. The van der Waals surface area contributed by atoms with Crippen molar-refractivity contribution >= 4 is 40.8 Å². The third-order valence-electron chi connectivity index (χ3n) is 8.89. The van der Waals surface area contributed by atoms with Crippen molar-refractivity contribution < 1.29 is 19.1 Å². The first-order chi connectivity index (χ1) is 22.8. The highest BCUT2D eigenvalue weighted by atomic mass is 35.5. The Labute approximate surface area is 278 Å². The maximum atomic E-state index is 12.9. The second-order valence-corrected chi connectivity index (χ2v) is 12.6. The fraction of sp³-hybridized carbons (Fsp3) is 0.412. The molecule has 3 aromatic rings. The highest BCUT2D eigenvalue weighted by molar-refractivity contribution is 6.31. The molecular weight excluding hydrogens is 620 g/mol. The molecule has 244 valence electrons. The number of benzene rings is 2. The summed E-state index contributed by atoms with van der Waals surface area (Å²) >= 11 is 6.12. The van der Waals surface area contributed by atoms with Crippen LogP contribution in [0.1, 0.15) is 60.1 Å². The number of piperidine rings is 1. The lowest BCUT2D eigenvalue weighted by molar-refractivity contribution is -0.133. The number of carbonyl (C=O) groups excluding carboxylic acids is 3. The SMILES string of the molecule is N#Cc1ccc(OC2CCC(NC(=O)c3ccc(N4CCN(Cc5ccc(NC6CCC(=O)NC6=O)cc5)CC4)nn3)CC2)cc1Cl. The van der Waals surface area contributed by atoms with Crippen LogP contribution in [0.2, 0.25) is 5.02 Å². The molecule has 1 aliphatic carbocycles. The van der Waals surface area contributed by atoms with E-state index in [4.69, 9.17) is 21.6 Å². The van der Waals surface area contributed by atoms with Crippen molar-refractivity contribution in [3.63, 3.8) is 0 Å². The number of imide groups is 1. The van der Waals surface area contributed by atoms with Crippen molar-refractivity contribution in [3.05, 3.63) is 76.4 Å². The third-order valence-corrected chi connectivity index (χ3v) is 9.21. The molecule has 3 N–H and O–H groups in total. The van der Waals surface area contributed by atoms with Crippen LogP contribution in [-0.2, 0) is 16.1 Å². The predicted molar refractivity (Wildman–Crippen MR) is 176 cm³/mol. The number of rotatable bonds is 9. The van der Waals surface area contributed by atoms with E-state index in [-0.39, 0.29) is 29.9 Å². The molecule has 1 atom stereocenters. The van der Waals surface area contributed by atoms with Crippen LogP contribution in [0.15, 0.2) is 54.6 Å². The van der Waals surface area contributed by atoms with E-state index in [1.54, 1.807) is 24.3 Å². The predicted octanol–water partition coefficient (Wildman–Crippen LogP) is 3.66. The fourth-order valence-electron chi connectivity index (χ4n) is 6.18. The van der Waals surface area contributed by atoms with E-state index in [1.165, 1.54) is 5.56 Å². The molecule has 3 amide bonds. The largest absolute Gasteiger partial charge is 0.490 e. The molecule has 47 heavy (non-hydrogen) atoms. The monoisotopic (exact) mass is 656 g/mol. The Morgan fingerprint density at radius 2 is 1.74 bits per heavy atom. The lowest BCUT2D eigenvalue weighted by atomic mass is 9.93. The average Bonchev–Trinajstić information content (AvgIpc) is 3.08. The van der Waals surface area contributed by atoms with Crippen molar-refractivity contribution in [1.29, 1.82) is 5.26 Å². The van der Waals surface area contributed by atoms with Crippen LogP contribution in [0.3, 0.4) is 0 Å². The molecule has 0 spiro atoms. The van der Waals surface area contributed by atoms with Gasteiger partial charge in [0.25, 0.3) is 5.91 Å². The zero-order valence-corrected chi connectivity index (χ0v) is 26.7. The molecule has 13 heteroatoms. The van der Waals surface area contributed by atoms with E-state index in [9.17, 15) is 14.4 Å². The van der Waals surface area contributed by atoms with Gasteiger partial charge < -0.3 is 20.3 Å². The Morgan fingerprint density at radius 3 is 2.40 bits per heavy atom. The van der Waals surface area contributed by atoms with Crippen LogP contribution in [0.4, 0.5) is 11.5 Å². The van der Waals surface area contributed by atoms with Gasteiger partial charge in [-0.3, -0.25) is 24.6 Å². The molecule has 3 aliphatic rings. The van der Waals surface area contributed by atoms with Crippen LogP contribution in [-0.4, -0.2) is 77.2 Å². The maximum Gasteiger partial charge on any atom is 0.272 e. The summed E-state index contributed by atoms with van der Waals surface area (Å²) in [5, 5.41) is 26.7. The van der Waals surface area contributed by atoms with Gasteiger partial charge in [0.1, 0.15) is 17.9 Å². The summed E-state index contributed by atoms with van der Waals surface area (Å²) in [6.07, 6.45) is 4.05. The standard InChI is InChI=1S/C34H37ClN8O4/c35-28-19-27(8-3-23(28)20-36)47-26-9-6-25(7-10-26)38-34(46)30-11-13-31(41-40-30)43-17-15-42(16-18-43)21-22-1-4-24(5-2-22)37-29-12-14-32(44)39-33(29)45/h1-5,8,11,13,19,25-26,29,37H,6-7,9-10,12,14-18,21H2,(H,38,46)(H,39,44,45). The summed E-state index contributed by atoms with van der Waals surface area (Å²) in [4.78, 5) is 40.8. The minimum Gasteiger partial charge on any atom is -0.490 e. The zero-order chi connectivity index (χ0) is 32.8. The number of nitrogens with zero attached hydrogens (tertiary/aromatic N) is 5. The number of amides is 3. The normalized spacial score (nSPS) is 21.8. The van der Waals surface area contributed by atoms with Gasteiger partial charge in [0, 0.05) is 56.9 Å². The molecule has 2 aromatic carbocycles. The van der Waals surface area contributed by atoms with Crippen molar-refractivity contribution in [2.24, 2.45) is 0 Å². The van der Waals surface area contributed by atoms with Gasteiger partial charge in [-0.25, -0.2) is 0 Å². The Bertz CT molecular complexity index is 1630. The number of nitriles is 1. The van der Waals surface area contributed by atoms with Gasteiger partial charge in [-0.2, -0.15) is 5.26 Å². The molecule has 2 saturated heterocycles. The van der Waals surface area contributed by atoms with Crippen LogP contribution in [0, 0.1) is 11.3 Å². The van der Waals surface area contributed by atoms with Gasteiger partial charge in [0.15, 0.2) is 11.5 Å². The number of carbonyl (C=O) groups is 3. The van der Waals surface area contributed by atoms with Crippen LogP contribution in [0.5, 0.6) is 5.75 Å². The third kappa shape index (κ3) is 8.36. The smallest absolute Gasteiger partial charge is 0.272 e. The number of ether oxygens (including phenoxy) is 1. The molecule has 6 rings (SSSR count). The van der Waals surface area contributed by atoms with Crippen molar-refractivity contribution in [2.75, 3.05) is 36.4 Å². The second-order valence-electron chi connectivity index (χ2n) is 12.2. The maximum absolute atomic E-state index is 12.9. The molecule has 3 fully saturated rings. The highest BCUT2D eigenvalue weighted by Gasteiger charge is 2.27. The minimum absolute atomic E-state index is 0.0291. The summed E-state index contributed by atoms with van der Waals surface area (Å²) in [5.74, 6) is 0.675. The van der Waals surface area contributed by atoms with Crippen LogP contribution in [0.25, 0.3) is 0 Å². The lowest BCUT2D eigenvalue weighted by Gasteiger charge is -2.35. The molecule has 3 heterocycles. The summed E-state index contributed by atoms with van der Waals surface area (Å²) in [7, 11) is 0. The zero-order valence-electron chi connectivity index (χ0n) is 26.0. The summed E-state index contributed by atoms with van der Waals surface area (Å²) in [6, 6.07) is 18.4. The Hall–Kier alpha value is -4.73. The van der Waals surface area contributed by atoms with Crippen molar-refractivity contribution in [3.8, 4) is 11.8 Å². The molecule has 2 aliphatic heterocycles. The quantitative estimate of drug-likeness (QED) is 0.291. The summed E-state index contributed by atoms with van der Waals surface area (Å²) in [6.45, 7) is 4.15. The fourth-order valence-corrected chi connectivity index (χ4v) is 6.40. The first-order valence-corrected chi connectivity index (χ1v) is 16.4. The van der Waals surface area contributed by atoms with Gasteiger partial charge in [0.05, 0.1) is 16.7 Å². The molecular formula is C34H37ClN8O4. The van der Waals surface area contributed by atoms with E-state index in [0.29, 0.717) is 34.9 Å². The van der Waals surface area contributed by atoms with Gasteiger partial charge >= 0.3 is 0 Å². The number of halogens is 1. The summed E-state index contributed by atoms with van der Waals surface area (Å²) < 4.78 is 6.06. The Morgan fingerprint density at radius 1 is 0.979 bits per heavy atom. The number of hydrogen-bond donors (Lipinski definition) is 3. The number of anilines is 2. The molecule has 1 saturated carbocycles. The topological polar surface area (TPSA) is 153 Å². The van der Waals surface area contributed by atoms with Gasteiger partial charge in [-0.1, -0.05) is 23.7 Å². The number of aromatic nitrogens is 2. The Balaban J connectivity index is 0.910. The van der Waals surface area contributed by atoms with Crippen LogP contribution >= 0.6 is 11.6 Å². The molecule has 1 unspecified atom stereocenters. The van der Waals surface area contributed by atoms with E-state index < -0.39 is 6.04 Å². The molecule has 0 bridgehead atoms. The van der Waals surface area contributed by atoms with E-state index in [1.807, 2.05) is 24.3 Å². The van der Waals surface area contributed by atoms with Crippen LogP contribution < -0.4 is 25.6 Å². The average molecular weight is 657 g/mol. The van der Waals surface area contributed by atoms with Gasteiger partial charge in [-0.15, -0.1) is 10.2 Å². The lowest BCUT2D eigenvalue weighted by Crippen LogP contribution is -2.47. The molecule has 0 radical (unpaired) electrons.